The standard InChI is InChI=1S/C29H32Cl3N3O4S/c1-5-20(3)33-29(37)21(4)34(17-22-9-14-26(31)27(32)16-22)28(36)18-35(24-8-6-7-19(2)15-24)40(38,39)25-12-10-23(30)11-13-25/h6-16,20-21H,5,17-18H2,1-4H3,(H,33,37)/t20-,21+/m0/s1. The van der Waals surface area contributed by atoms with E-state index in [1.807, 2.05) is 26.8 Å². The van der Waals surface area contributed by atoms with E-state index in [-0.39, 0.29) is 23.4 Å². The van der Waals surface area contributed by atoms with E-state index in [1.54, 1.807) is 43.3 Å². The SMILES string of the molecule is CC[C@H](C)NC(=O)[C@@H](C)N(Cc1ccc(Cl)c(Cl)c1)C(=O)CN(c1cccc(C)c1)S(=O)(=O)c1ccc(Cl)cc1. The monoisotopic (exact) mass is 623 g/mol. The lowest BCUT2D eigenvalue weighted by Gasteiger charge is -2.32. The average Bonchev–Trinajstić information content (AvgIpc) is 2.91. The lowest BCUT2D eigenvalue weighted by Crippen LogP contribution is -2.52. The molecule has 0 fully saturated rings. The molecule has 0 saturated heterocycles. The van der Waals surface area contributed by atoms with Gasteiger partial charge in [0.05, 0.1) is 20.6 Å². The normalized spacial score (nSPS) is 12.9. The highest BCUT2D eigenvalue weighted by Gasteiger charge is 2.33. The van der Waals surface area contributed by atoms with Crippen LogP contribution in [0.4, 0.5) is 5.69 Å². The second-order valence-electron chi connectivity index (χ2n) is 9.57. The van der Waals surface area contributed by atoms with Gasteiger partial charge in [0.25, 0.3) is 10.0 Å². The molecule has 3 rings (SSSR count). The summed E-state index contributed by atoms with van der Waals surface area (Å²) in [5, 5.41) is 3.93. The van der Waals surface area contributed by atoms with Gasteiger partial charge in [-0.15, -0.1) is 0 Å². The largest absolute Gasteiger partial charge is 0.352 e. The van der Waals surface area contributed by atoms with Crippen molar-refractivity contribution in [1.29, 1.82) is 0 Å². The Morgan fingerprint density at radius 3 is 2.20 bits per heavy atom. The van der Waals surface area contributed by atoms with Crippen LogP contribution in [0, 0.1) is 6.92 Å². The lowest BCUT2D eigenvalue weighted by atomic mass is 10.1. The van der Waals surface area contributed by atoms with Gasteiger partial charge >= 0.3 is 0 Å². The Morgan fingerprint density at radius 2 is 1.60 bits per heavy atom. The van der Waals surface area contributed by atoms with Crippen LogP contribution < -0.4 is 9.62 Å². The third-order valence-corrected chi connectivity index (χ3v) is 9.25. The lowest BCUT2D eigenvalue weighted by molar-refractivity contribution is -0.139. The highest BCUT2D eigenvalue weighted by atomic mass is 35.5. The van der Waals surface area contributed by atoms with Crippen molar-refractivity contribution in [2.24, 2.45) is 0 Å². The van der Waals surface area contributed by atoms with Crippen LogP contribution in [0.25, 0.3) is 0 Å². The maximum absolute atomic E-state index is 14.0. The Labute approximate surface area is 251 Å². The molecule has 214 valence electrons. The molecule has 1 N–H and O–H groups in total. The van der Waals surface area contributed by atoms with Gasteiger partial charge in [0, 0.05) is 17.6 Å². The van der Waals surface area contributed by atoms with Gasteiger partial charge in [-0.2, -0.15) is 0 Å². The van der Waals surface area contributed by atoms with Crippen LogP contribution in [0.5, 0.6) is 0 Å². The van der Waals surface area contributed by atoms with E-state index in [2.05, 4.69) is 5.32 Å². The van der Waals surface area contributed by atoms with E-state index in [0.29, 0.717) is 32.7 Å². The molecular formula is C29H32Cl3N3O4S. The summed E-state index contributed by atoms with van der Waals surface area (Å²) in [4.78, 5) is 28.4. The van der Waals surface area contributed by atoms with Crippen molar-refractivity contribution in [3.05, 3.63) is 92.9 Å². The summed E-state index contributed by atoms with van der Waals surface area (Å²) >= 11 is 18.3. The third-order valence-electron chi connectivity index (χ3n) is 6.48. The number of benzene rings is 3. The Balaban J connectivity index is 2.04. The van der Waals surface area contributed by atoms with E-state index in [0.717, 1.165) is 9.87 Å². The van der Waals surface area contributed by atoms with Crippen LogP contribution in [0.1, 0.15) is 38.3 Å². The van der Waals surface area contributed by atoms with Gasteiger partial charge in [0.15, 0.2) is 0 Å². The number of hydrogen-bond acceptors (Lipinski definition) is 4. The summed E-state index contributed by atoms with van der Waals surface area (Å²) in [7, 11) is -4.18. The number of anilines is 1. The molecule has 0 bridgehead atoms. The van der Waals surface area contributed by atoms with Gasteiger partial charge in [-0.1, -0.05) is 59.9 Å². The highest BCUT2D eigenvalue weighted by Crippen LogP contribution is 2.27. The zero-order valence-corrected chi connectivity index (χ0v) is 25.8. The van der Waals surface area contributed by atoms with Crippen molar-refractivity contribution < 1.29 is 18.0 Å². The van der Waals surface area contributed by atoms with Gasteiger partial charge in [-0.25, -0.2) is 8.42 Å². The summed E-state index contributed by atoms with van der Waals surface area (Å²) in [5.74, 6) is -0.928. The van der Waals surface area contributed by atoms with Crippen molar-refractivity contribution in [2.45, 2.75) is 57.6 Å². The van der Waals surface area contributed by atoms with Gasteiger partial charge in [0.2, 0.25) is 11.8 Å². The van der Waals surface area contributed by atoms with E-state index < -0.39 is 28.5 Å². The molecule has 3 aromatic rings. The number of halogens is 3. The maximum Gasteiger partial charge on any atom is 0.264 e. The number of nitrogens with zero attached hydrogens (tertiary/aromatic N) is 2. The van der Waals surface area contributed by atoms with Crippen LogP contribution in [-0.2, 0) is 26.2 Å². The van der Waals surface area contributed by atoms with E-state index >= 15 is 0 Å². The molecule has 0 unspecified atom stereocenters. The van der Waals surface area contributed by atoms with Crippen LogP contribution in [0.2, 0.25) is 15.1 Å². The number of sulfonamides is 1. The number of carbonyl (C=O) groups excluding carboxylic acids is 2. The summed E-state index contributed by atoms with van der Waals surface area (Å²) in [6.07, 6.45) is 0.708. The first-order valence-electron chi connectivity index (χ1n) is 12.7. The van der Waals surface area contributed by atoms with Crippen molar-refractivity contribution in [1.82, 2.24) is 10.2 Å². The topological polar surface area (TPSA) is 86.8 Å². The maximum atomic E-state index is 14.0. The minimum Gasteiger partial charge on any atom is -0.352 e. The van der Waals surface area contributed by atoms with E-state index in [1.165, 1.54) is 29.2 Å². The Morgan fingerprint density at radius 1 is 0.925 bits per heavy atom. The second kappa shape index (κ2) is 13.7. The minimum absolute atomic E-state index is 0.00741. The summed E-state index contributed by atoms with van der Waals surface area (Å²) in [5.41, 5.74) is 1.76. The first kappa shape index (κ1) is 31.7. The van der Waals surface area contributed by atoms with E-state index in [4.69, 9.17) is 34.8 Å². The Bertz CT molecular complexity index is 1470. The quantitative estimate of drug-likeness (QED) is 0.265. The molecule has 0 aliphatic carbocycles. The number of aryl methyl sites for hydroxylation is 1. The van der Waals surface area contributed by atoms with Gasteiger partial charge in [0.1, 0.15) is 12.6 Å². The number of carbonyl (C=O) groups is 2. The molecule has 0 aliphatic heterocycles. The smallest absolute Gasteiger partial charge is 0.264 e. The first-order valence-corrected chi connectivity index (χ1v) is 15.3. The average molecular weight is 625 g/mol. The molecule has 0 saturated carbocycles. The van der Waals surface area contributed by atoms with Crippen LogP contribution in [0.15, 0.2) is 71.6 Å². The minimum atomic E-state index is -4.18. The fourth-order valence-corrected chi connectivity index (χ4v) is 5.78. The van der Waals surface area contributed by atoms with Crippen molar-refractivity contribution in [3.8, 4) is 0 Å². The fourth-order valence-electron chi connectivity index (χ4n) is 3.93. The molecule has 7 nitrogen and oxygen atoms in total. The molecular weight excluding hydrogens is 593 g/mol. The number of amides is 2. The molecule has 2 atom stereocenters. The van der Waals surface area contributed by atoms with Gasteiger partial charge < -0.3 is 10.2 Å². The summed E-state index contributed by atoms with van der Waals surface area (Å²) < 4.78 is 28.7. The summed E-state index contributed by atoms with van der Waals surface area (Å²) in [6.45, 7) is 6.71. The number of hydrogen-bond donors (Lipinski definition) is 1. The van der Waals surface area contributed by atoms with E-state index in [9.17, 15) is 18.0 Å². The molecule has 0 spiro atoms. The predicted octanol–water partition coefficient (Wildman–Crippen LogP) is 6.48. The van der Waals surface area contributed by atoms with Gasteiger partial charge in [-0.3, -0.25) is 13.9 Å². The number of nitrogens with one attached hydrogen (secondary N) is 1. The molecule has 0 aliphatic rings. The molecule has 0 radical (unpaired) electrons. The van der Waals surface area contributed by atoms with Crippen LogP contribution >= 0.6 is 34.8 Å². The van der Waals surface area contributed by atoms with Crippen molar-refractivity contribution in [2.75, 3.05) is 10.8 Å². The zero-order chi connectivity index (χ0) is 29.6. The Hall–Kier alpha value is -2.78. The molecule has 40 heavy (non-hydrogen) atoms. The highest BCUT2D eigenvalue weighted by molar-refractivity contribution is 7.92. The van der Waals surface area contributed by atoms with Crippen molar-refractivity contribution >= 4 is 62.3 Å². The second-order valence-corrected chi connectivity index (χ2v) is 12.7. The van der Waals surface area contributed by atoms with Gasteiger partial charge in [-0.05, 0) is 86.8 Å². The summed E-state index contributed by atoms with van der Waals surface area (Å²) in [6, 6.07) is 16.5. The molecule has 3 aromatic carbocycles. The molecule has 0 heterocycles. The van der Waals surface area contributed by atoms with Crippen molar-refractivity contribution in [3.63, 3.8) is 0 Å². The predicted molar refractivity (Wildman–Crippen MR) is 162 cm³/mol. The number of rotatable bonds is 11. The van der Waals surface area contributed by atoms with Crippen LogP contribution in [-0.4, -0.2) is 43.8 Å². The molecule has 11 heteroatoms. The third kappa shape index (κ3) is 7.91. The van der Waals surface area contributed by atoms with Crippen LogP contribution in [0.3, 0.4) is 0 Å². The first-order chi connectivity index (χ1) is 18.8. The molecule has 0 aromatic heterocycles. The zero-order valence-electron chi connectivity index (χ0n) is 22.7. The fraction of sp³-hybridized carbons (Fsp3) is 0.310. The Kier molecular flexibility index (Phi) is 10.9. The molecule has 2 amide bonds.